The zero-order valence-corrected chi connectivity index (χ0v) is 14.0. The third kappa shape index (κ3) is 7.32. The predicted molar refractivity (Wildman–Crippen MR) is 91.3 cm³/mol. The zero-order chi connectivity index (χ0) is 14.8. The van der Waals surface area contributed by atoms with Gasteiger partial charge in [-0.2, -0.15) is 0 Å². The number of hydrogen-bond acceptors (Lipinski definition) is 4. The van der Waals surface area contributed by atoms with Crippen LogP contribution in [0.3, 0.4) is 0 Å². The summed E-state index contributed by atoms with van der Waals surface area (Å²) in [5.74, 6) is 1.22. The molecule has 21 heavy (non-hydrogen) atoms. The normalized spacial score (nSPS) is 16.2. The molecule has 1 N–H and O–H groups in total. The lowest BCUT2D eigenvalue weighted by Crippen LogP contribution is -2.40. The van der Waals surface area contributed by atoms with Gasteiger partial charge in [-0.05, 0) is 44.2 Å². The lowest BCUT2D eigenvalue weighted by atomic mass is 10.2. The van der Waals surface area contributed by atoms with Crippen LogP contribution in [0.2, 0.25) is 0 Å². The summed E-state index contributed by atoms with van der Waals surface area (Å²) in [5.41, 5.74) is 1.34. The number of nitrogens with one attached hydrogen (secondary N) is 1. The maximum Gasteiger partial charge on any atom is 0.0594 e. The number of aryl methyl sites for hydroxylation is 1. The van der Waals surface area contributed by atoms with Crippen molar-refractivity contribution in [1.29, 1.82) is 0 Å². The molecule has 2 rings (SSSR count). The van der Waals surface area contributed by atoms with Crippen LogP contribution in [-0.2, 0) is 4.74 Å². The third-order valence-corrected chi connectivity index (χ3v) is 4.84. The van der Waals surface area contributed by atoms with Crippen molar-refractivity contribution in [2.75, 3.05) is 51.7 Å². The molecule has 1 fully saturated rings. The number of unbranched alkanes of at least 4 members (excludes halogenated alkanes) is 1. The van der Waals surface area contributed by atoms with E-state index >= 15 is 0 Å². The Bertz CT molecular complexity index is 377. The van der Waals surface area contributed by atoms with E-state index in [0.717, 1.165) is 45.9 Å². The van der Waals surface area contributed by atoms with Crippen LogP contribution in [0.4, 0.5) is 0 Å². The highest BCUT2D eigenvalue weighted by molar-refractivity contribution is 7.99. The van der Waals surface area contributed by atoms with Crippen molar-refractivity contribution in [3.8, 4) is 0 Å². The summed E-state index contributed by atoms with van der Waals surface area (Å²) in [5, 5.41) is 3.55. The standard InChI is InChI=1S/C17H28N2OS/c1-16-4-6-17(7-5-16)21-15-3-2-8-18-9-10-19-11-13-20-14-12-19/h4-7,18H,2-3,8-15H2,1H3. The Kier molecular flexibility index (Phi) is 8.18. The van der Waals surface area contributed by atoms with Gasteiger partial charge in [0.25, 0.3) is 0 Å². The lowest BCUT2D eigenvalue weighted by Gasteiger charge is -2.26. The van der Waals surface area contributed by atoms with E-state index in [1.54, 1.807) is 0 Å². The Balaban J connectivity index is 1.40. The van der Waals surface area contributed by atoms with E-state index < -0.39 is 0 Å². The van der Waals surface area contributed by atoms with Crippen LogP contribution in [0.1, 0.15) is 18.4 Å². The van der Waals surface area contributed by atoms with Gasteiger partial charge in [-0.25, -0.2) is 0 Å². The van der Waals surface area contributed by atoms with E-state index in [4.69, 9.17) is 4.74 Å². The molecule has 1 aliphatic rings. The molecule has 1 heterocycles. The molecule has 0 bridgehead atoms. The predicted octanol–water partition coefficient (Wildman–Crippen LogP) is 2.79. The molecule has 0 spiro atoms. The molecular formula is C17H28N2OS. The van der Waals surface area contributed by atoms with Crippen molar-refractivity contribution >= 4 is 11.8 Å². The maximum absolute atomic E-state index is 5.35. The third-order valence-electron chi connectivity index (χ3n) is 3.75. The van der Waals surface area contributed by atoms with E-state index in [0.29, 0.717) is 0 Å². The minimum atomic E-state index is 0.899. The first-order valence-corrected chi connectivity index (χ1v) is 9.03. The Labute approximate surface area is 133 Å². The molecule has 0 unspecified atom stereocenters. The fourth-order valence-electron chi connectivity index (χ4n) is 2.36. The number of ether oxygens (including phenoxy) is 1. The second-order valence-corrected chi connectivity index (χ2v) is 6.74. The molecule has 118 valence electrons. The molecule has 1 saturated heterocycles. The molecule has 4 heteroatoms. The van der Waals surface area contributed by atoms with Crippen LogP contribution in [0.15, 0.2) is 29.2 Å². The van der Waals surface area contributed by atoms with Gasteiger partial charge in [0.1, 0.15) is 0 Å². The highest BCUT2D eigenvalue weighted by atomic mass is 32.2. The molecule has 1 aromatic carbocycles. The second-order valence-electron chi connectivity index (χ2n) is 5.57. The summed E-state index contributed by atoms with van der Waals surface area (Å²) >= 11 is 1.97. The summed E-state index contributed by atoms with van der Waals surface area (Å²) < 4.78 is 5.35. The topological polar surface area (TPSA) is 24.5 Å². The van der Waals surface area contributed by atoms with E-state index in [2.05, 4.69) is 41.4 Å². The molecule has 0 amide bonds. The van der Waals surface area contributed by atoms with Gasteiger partial charge in [0.2, 0.25) is 0 Å². The van der Waals surface area contributed by atoms with Crippen molar-refractivity contribution in [1.82, 2.24) is 10.2 Å². The summed E-state index contributed by atoms with van der Waals surface area (Å²) in [6.07, 6.45) is 2.55. The number of morpholine rings is 1. The molecular weight excluding hydrogens is 280 g/mol. The van der Waals surface area contributed by atoms with Gasteiger partial charge in [-0.3, -0.25) is 4.90 Å². The zero-order valence-electron chi connectivity index (χ0n) is 13.1. The summed E-state index contributed by atoms with van der Waals surface area (Å²) in [6.45, 7) is 9.51. The number of thioether (sulfide) groups is 1. The smallest absolute Gasteiger partial charge is 0.0594 e. The van der Waals surface area contributed by atoms with E-state index in [1.807, 2.05) is 11.8 Å². The average Bonchev–Trinajstić information content (AvgIpc) is 2.53. The summed E-state index contributed by atoms with van der Waals surface area (Å²) in [7, 11) is 0. The average molecular weight is 308 g/mol. The minimum Gasteiger partial charge on any atom is -0.379 e. The van der Waals surface area contributed by atoms with Crippen molar-refractivity contribution in [2.24, 2.45) is 0 Å². The monoisotopic (exact) mass is 308 g/mol. The van der Waals surface area contributed by atoms with Crippen molar-refractivity contribution in [2.45, 2.75) is 24.7 Å². The van der Waals surface area contributed by atoms with Crippen LogP contribution >= 0.6 is 11.8 Å². The molecule has 0 aliphatic carbocycles. The first-order valence-electron chi connectivity index (χ1n) is 8.05. The fraction of sp³-hybridized carbons (Fsp3) is 0.647. The highest BCUT2D eigenvalue weighted by Crippen LogP contribution is 2.19. The molecule has 0 aromatic heterocycles. The van der Waals surface area contributed by atoms with Crippen LogP contribution in [0.5, 0.6) is 0 Å². The lowest BCUT2D eigenvalue weighted by molar-refractivity contribution is 0.0384. The van der Waals surface area contributed by atoms with E-state index in [1.165, 1.54) is 29.1 Å². The van der Waals surface area contributed by atoms with Gasteiger partial charge in [-0.1, -0.05) is 17.7 Å². The number of hydrogen-bond donors (Lipinski definition) is 1. The SMILES string of the molecule is Cc1ccc(SCCCCNCCN2CCOCC2)cc1. The van der Waals surface area contributed by atoms with Gasteiger partial charge in [0.05, 0.1) is 13.2 Å². The van der Waals surface area contributed by atoms with Crippen molar-refractivity contribution < 1.29 is 4.74 Å². The Hall–Kier alpha value is -0.550. The van der Waals surface area contributed by atoms with E-state index in [-0.39, 0.29) is 0 Å². The summed E-state index contributed by atoms with van der Waals surface area (Å²) in [6, 6.07) is 8.83. The second kappa shape index (κ2) is 10.2. The van der Waals surface area contributed by atoms with Gasteiger partial charge in [0, 0.05) is 31.1 Å². The van der Waals surface area contributed by atoms with Crippen LogP contribution in [0, 0.1) is 6.92 Å². The summed E-state index contributed by atoms with van der Waals surface area (Å²) in [4.78, 5) is 3.87. The first-order chi connectivity index (χ1) is 10.3. The van der Waals surface area contributed by atoms with Gasteiger partial charge in [0.15, 0.2) is 0 Å². The van der Waals surface area contributed by atoms with Gasteiger partial charge >= 0.3 is 0 Å². The Morgan fingerprint density at radius 3 is 2.62 bits per heavy atom. The van der Waals surface area contributed by atoms with Gasteiger partial charge in [-0.15, -0.1) is 11.8 Å². The Morgan fingerprint density at radius 2 is 1.86 bits per heavy atom. The molecule has 3 nitrogen and oxygen atoms in total. The van der Waals surface area contributed by atoms with Gasteiger partial charge < -0.3 is 10.1 Å². The molecule has 1 aliphatic heterocycles. The maximum atomic E-state index is 5.35. The van der Waals surface area contributed by atoms with Crippen LogP contribution in [0.25, 0.3) is 0 Å². The fourth-order valence-corrected chi connectivity index (χ4v) is 3.28. The quantitative estimate of drug-likeness (QED) is 0.560. The molecule has 0 saturated carbocycles. The van der Waals surface area contributed by atoms with Crippen molar-refractivity contribution in [3.63, 3.8) is 0 Å². The van der Waals surface area contributed by atoms with Crippen molar-refractivity contribution in [3.05, 3.63) is 29.8 Å². The Morgan fingerprint density at radius 1 is 1.10 bits per heavy atom. The number of rotatable bonds is 9. The largest absolute Gasteiger partial charge is 0.379 e. The number of benzene rings is 1. The van der Waals surface area contributed by atoms with Crippen LogP contribution < -0.4 is 5.32 Å². The first kappa shape index (κ1) is 16.8. The van der Waals surface area contributed by atoms with Crippen LogP contribution in [-0.4, -0.2) is 56.6 Å². The minimum absolute atomic E-state index is 0.899. The van der Waals surface area contributed by atoms with E-state index in [9.17, 15) is 0 Å². The number of nitrogens with zero attached hydrogens (tertiary/aromatic N) is 1. The molecule has 0 atom stereocenters. The molecule has 0 radical (unpaired) electrons. The highest BCUT2D eigenvalue weighted by Gasteiger charge is 2.08. The molecule has 1 aromatic rings.